The molecule has 0 aliphatic heterocycles. The van der Waals surface area contributed by atoms with E-state index >= 15 is 0 Å². The van der Waals surface area contributed by atoms with E-state index in [0.717, 1.165) is 9.50 Å². The van der Waals surface area contributed by atoms with Crippen LogP contribution in [0.5, 0.6) is 0 Å². The average Bonchev–Trinajstić information content (AvgIpc) is 2.96. The first-order valence-electron chi connectivity index (χ1n) is 4.96. The number of amides is 1. The lowest BCUT2D eigenvalue weighted by Crippen LogP contribution is -2.14. The Bertz CT molecular complexity index is 538. The molecule has 0 aliphatic carbocycles. The Morgan fingerprint density at radius 1 is 1.56 bits per heavy atom. The molecule has 0 saturated carbocycles. The third-order valence-corrected chi connectivity index (χ3v) is 4.81. The van der Waals surface area contributed by atoms with Gasteiger partial charge in [0.2, 0.25) is 11.0 Å². The topological polar surface area (TPSA) is 72.7 Å². The second-order valence-corrected chi connectivity index (χ2v) is 6.21. The lowest BCUT2D eigenvalue weighted by Gasteiger charge is -2.01. The molecule has 0 aliphatic rings. The molecule has 0 fully saturated rings. The quantitative estimate of drug-likeness (QED) is 0.670. The highest BCUT2D eigenvalue weighted by Gasteiger charge is 2.09. The van der Waals surface area contributed by atoms with E-state index in [-0.39, 0.29) is 5.91 Å². The summed E-state index contributed by atoms with van der Waals surface area (Å²) in [6.45, 7) is 0. The van der Waals surface area contributed by atoms with E-state index in [1.807, 2.05) is 24.1 Å². The summed E-state index contributed by atoms with van der Waals surface area (Å²) >= 11 is 4.26. The van der Waals surface area contributed by atoms with Crippen molar-refractivity contribution in [3.8, 4) is 0 Å². The van der Waals surface area contributed by atoms with Crippen molar-refractivity contribution in [2.75, 3.05) is 17.3 Å². The van der Waals surface area contributed by atoms with Crippen LogP contribution in [0.4, 0.5) is 5.13 Å². The monoisotopic (exact) mass is 301 g/mol. The molecule has 6 nitrogen and oxygen atoms in total. The minimum atomic E-state index is -0.105. The molecule has 1 amide bonds. The fourth-order valence-corrected chi connectivity index (χ4v) is 3.04. The number of aromatic nitrogens is 4. The van der Waals surface area contributed by atoms with Gasteiger partial charge in [0, 0.05) is 19.4 Å². The molecule has 0 unspecified atom stereocenters. The second-order valence-electron chi connectivity index (χ2n) is 3.23. The number of aryl methyl sites for hydroxylation is 1. The molecule has 0 saturated heterocycles. The van der Waals surface area contributed by atoms with Crippen molar-refractivity contribution < 1.29 is 4.79 Å². The van der Waals surface area contributed by atoms with Crippen molar-refractivity contribution in [2.24, 2.45) is 7.05 Å². The molecular weight excluding hydrogens is 290 g/mol. The molecule has 9 heteroatoms. The van der Waals surface area contributed by atoms with E-state index in [1.54, 1.807) is 6.20 Å². The fraction of sp³-hybridized carbons (Fsp3) is 0.333. The van der Waals surface area contributed by atoms with E-state index < -0.39 is 0 Å². The van der Waals surface area contributed by atoms with Crippen LogP contribution in [0.3, 0.4) is 0 Å². The van der Waals surface area contributed by atoms with Crippen LogP contribution < -0.4 is 5.32 Å². The van der Waals surface area contributed by atoms with Crippen molar-refractivity contribution in [3.05, 3.63) is 12.4 Å². The summed E-state index contributed by atoms with van der Waals surface area (Å²) in [6.07, 6.45) is 5.47. The first kappa shape index (κ1) is 13.4. The summed E-state index contributed by atoms with van der Waals surface area (Å²) < 4.78 is 2.70. The van der Waals surface area contributed by atoms with Gasteiger partial charge in [-0.3, -0.25) is 10.1 Å². The molecule has 2 aromatic heterocycles. The van der Waals surface area contributed by atoms with Crippen LogP contribution in [0.15, 0.2) is 21.9 Å². The summed E-state index contributed by atoms with van der Waals surface area (Å²) in [7, 11) is 1.89. The Morgan fingerprint density at radius 2 is 2.39 bits per heavy atom. The fourth-order valence-electron chi connectivity index (χ4n) is 1.12. The van der Waals surface area contributed by atoms with Crippen molar-refractivity contribution >= 4 is 45.9 Å². The molecule has 2 rings (SSSR count). The maximum absolute atomic E-state index is 11.7. The third-order valence-electron chi connectivity index (χ3n) is 1.94. The van der Waals surface area contributed by atoms with Crippen molar-refractivity contribution in [2.45, 2.75) is 9.50 Å². The molecule has 2 aromatic rings. The van der Waals surface area contributed by atoms with Crippen LogP contribution in [0.2, 0.25) is 0 Å². The van der Waals surface area contributed by atoms with E-state index in [4.69, 9.17) is 0 Å². The Kier molecular flexibility index (Phi) is 4.61. The maximum Gasteiger partial charge on any atom is 0.236 e. The molecule has 0 aromatic carbocycles. The second kappa shape index (κ2) is 6.21. The third kappa shape index (κ3) is 3.47. The number of hydrogen-bond acceptors (Lipinski definition) is 7. The number of imidazole rings is 1. The van der Waals surface area contributed by atoms with Crippen LogP contribution in [0.25, 0.3) is 0 Å². The summed E-state index contributed by atoms with van der Waals surface area (Å²) in [5.41, 5.74) is 0. The number of nitrogens with one attached hydrogen (secondary N) is 1. The lowest BCUT2D eigenvalue weighted by molar-refractivity contribution is -0.113. The SMILES string of the molecule is CSc1nnc(NC(=O)CSc2nccn2C)s1. The zero-order valence-electron chi connectivity index (χ0n) is 9.78. The van der Waals surface area contributed by atoms with Gasteiger partial charge in [-0.1, -0.05) is 34.9 Å². The van der Waals surface area contributed by atoms with Crippen molar-refractivity contribution in [1.29, 1.82) is 0 Å². The molecule has 2 heterocycles. The molecule has 0 bridgehead atoms. The van der Waals surface area contributed by atoms with E-state index in [0.29, 0.717) is 10.9 Å². The molecule has 18 heavy (non-hydrogen) atoms. The lowest BCUT2D eigenvalue weighted by atomic mass is 10.7. The highest BCUT2D eigenvalue weighted by molar-refractivity contribution is 8.00. The Balaban J connectivity index is 1.84. The number of carbonyl (C=O) groups excluding carboxylic acids is 1. The smallest absolute Gasteiger partial charge is 0.236 e. The summed E-state index contributed by atoms with van der Waals surface area (Å²) in [4.78, 5) is 15.8. The molecule has 0 atom stereocenters. The predicted octanol–water partition coefficient (Wildman–Crippen LogP) is 1.72. The van der Waals surface area contributed by atoms with Gasteiger partial charge in [-0.2, -0.15) is 0 Å². The van der Waals surface area contributed by atoms with Gasteiger partial charge in [0.25, 0.3) is 0 Å². The number of thioether (sulfide) groups is 2. The van der Waals surface area contributed by atoms with Gasteiger partial charge in [-0.25, -0.2) is 4.98 Å². The predicted molar refractivity (Wildman–Crippen MR) is 74.3 cm³/mol. The normalized spacial score (nSPS) is 10.6. The van der Waals surface area contributed by atoms with Crippen molar-refractivity contribution in [1.82, 2.24) is 19.7 Å². The highest BCUT2D eigenvalue weighted by atomic mass is 32.2. The standard InChI is InChI=1S/C9H11N5OS3/c1-14-4-3-10-8(14)17-5-6(15)11-7-12-13-9(16-2)18-7/h3-4H,5H2,1-2H3,(H,11,12,15). The van der Waals surface area contributed by atoms with Crippen LogP contribution in [0, 0.1) is 0 Å². The van der Waals surface area contributed by atoms with Gasteiger partial charge < -0.3 is 4.57 Å². The van der Waals surface area contributed by atoms with Gasteiger partial charge >= 0.3 is 0 Å². The van der Waals surface area contributed by atoms with Gasteiger partial charge in [-0.15, -0.1) is 10.2 Å². The number of hydrogen-bond donors (Lipinski definition) is 1. The minimum absolute atomic E-state index is 0.105. The Morgan fingerprint density at radius 3 is 3.00 bits per heavy atom. The van der Waals surface area contributed by atoms with Gasteiger partial charge in [0.05, 0.1) is 5.75 Å². The first-order valence-corrected chi connectivity index (χ1v) is 7.99. The Hall–Kier alpha value is -1.06. The molecule has 0 spiro atoms. The summed E-state index contributed by atoms with van der Waals surface area (Å²) in [6, 6.07) is 0. The van der Waals surface area contributed by atoms with Crippen LogP contribution in [-0.4, -0.2) is 37.7 Å². The average molecular weight is 301 g/mol. The number of rotatable bonds is 5. The van der Waals surface area contributed by atoms with E-state index in [2.05, 4.69) is 20.5 Å². The minimum Gasteiger partial charge on any atom is -0.329 e. The van der Waals surface area contributed by atoms with Crippen LogP contribution >= 0.6 is 34.9 Å². The number of anilines is 1. The molecule has 1 N–H and O–H groups in total. The van der Waals surface area contributed by atoms with Gasteiger partial charge in [0.1, 0.15) is 0 Å². The molecule has 96 valence electrons. The highest BCUT2D eigenvalue weighted by Crippen LogP contribution is 2.23. The van der Waals surface area contributed by atoms with E-state index in [9.17, 15) is 4.79 Å². The maximum atomic E-state index is 11.7. The van der Waals surface area contributed by atoms with Gasteiger partial charge in [0.15, 0.2) is 9.50 Å². The molecule has 0 radical (unpaired) electrons. The zero-order valence-corrected chi connectivity index (χ0v) is 12.2. The zero-order chi connectivity index (χ0) is 13.0. The van der Waals surface area contributed by atoms with Crippen molar-refractivity contribution in [3.63, 3.8) is 0 Å². The number of carbonyl (C=O) groups is 1. The van der Waals surface area contributed by atoms with E-state index in [1.165, 1.54) is 34.9 Å². The summed E-state index contributed by atoms with van der Waals surface area (Å²) in [5, 5.41) is 11.8. The van der Waals surface area contributed by atoms with Crippen LogP contribution in [0.1, 0.15) is 0 Å². The molecular formula is C9H11N5OS3. The largest absolute Gasteiger partial charge is 0.329 e. The first-order chi connectivity index (χ1) is 8.69. The Labute approximate surface area is 117 Å². The van der Waals surface area contributed by atoms with Crippen LogP contribution in [-0.2, 0) is 11.8 Å². The van der Waals surface area contributed by atoms with Gasteiger partial charge in [-0.05, 0) is 6.26 Å². The number of nitrogens with zero attached hydrogens (tertiary/aromatic N) is 4. The summed E-state index contributed by atoms with van der Waals surface area (Å²) in [5.74, 6) is 0.200.